The second kappa shape index (κ2) is 36.3. The third kappa shape index (κ3) is 32.3. The standard InChI is InChI=1S/C40H77NO3/c1-3-5-7-9-11-13-15-17-19-20-22-24-26-28-30-32-34-36-40(44)41-38(37-42)39(43)35-33-31-29-27-25-23-21-18-16-14-12-10-8-6-4-2/h17,19,33,35,38-39,42-43H,3-16,18,20-32,34,36-37H2,1-2H3,(H,41,44)/b19-17-,35-33+. The highest BCUT2D eigenvalue weighted by atomic mass is 16.3. The van der Waals surface area contributed by atoms with Gasteiger partial charge in [0.05, 0.1) is 18.8 Å². The molecule has 0 rings (SSSR count). The zero-order chi connectivity index (χ0) is 32.2. The molecule has 0 radical (unpaired) electrons. The number of carbonyl (C=O) groups excluding carboxylic acids is 1. The summed E-state index contributed by atoms with van der Waals surface area (Å²) in [6.45, 7) is 4.30. The summed E-state index contributed by atoms with van der Waals surface area (Å²) < 4.78 is 0. The van der Waals surface area contributed by atoms with Gasteiger partial charge in [0.25, 0.3) is 0 Å². The molecule has 0 heterocycles. The van der Waals surface area contributed by atoms with Crippen molar-refractivity contribution in [1.29, 1.82) is 0 Å². The predicted octanol–water partition coefficient (Wildman–Crippen LogP) is 11.7. The molecule has 0 aromatic carbocycles. The highest BCUT2D eigenvalue weighted by Gasteiger charge is 2.17. The average Bonchev–Trinajstić information content (AvgIpc) is 3.03. The molecule has 1 amide bonds. The van der Waals surface area contributed by atoms with Crippen molar-refractivity contribution in [2.45, 2.75) is 219 Å². The second-order valence-electron chi connectivity index (χ2n) is 13.3. The Labute approximate surface area is 275 Å². The van der Waals surface area contributed by atoms with Gasteiger partial charge in [-0.05, 0) is 44.9 Å². The van der Waals surface area contributed by atoms with Gasteiger partial charge in [-0.15, -0.1) is 0 Å². The van der Waals surface area contributed by atoms with Crippen LogP contribution in [0.4, 0.5) is 0 Å². The first-order valence-electron chi connectivity index (χ1n) is 19.6. The Morgan fingerprint density at radius 3 is 1.25 bits per heavy atom. The van der Waals surface area contributed by atoms with Crippen molar-refractivity contribution in [3.63, 3.8) is 0 Å². The molecule has 4 nitrogen and oxygen atoms in total. The number of hydrogen-bond donors (Lipinski definition) is 3. The molecule has 0 saturated carbocycles. The Balaban J connectivity index is 3.60. The van der Waals surface area contributed by atoms with E-state index in [-0.39, 0.29) is 12.5 Å². The van der Waals surface area contributed by atoms with Crippen LogP contribution in [0.1, 0.15) is 206 Å². The summed E-state index contributed by atoms with van der Waals surface area (Å²) in [6.07, 6.45) is 45.5. The number of hydrogen-bond acceptors (Lipinski definition) is 3. The van der Waals surface area contributed by atoms with Crippen molar-refractivity contribution >= 4 is 5.91 Å². The van der Waals surface area contributed by atoms with E-state index in [1.165, 1.54) is 161 Å². The zero-order valence-electron chi connectivity index (χ0n) is 29.7. The lowest BCUT2D eigenvalue weighted by atomic mass is 10.0. The lowest BCUT2D eigenvalue weighted by molar-refractivity contribution is -0.123. The van der Waals surface area contributed by atoms with Gasteiger partial charge in [0.15, 0.2) is 0 Å². The van der Waals surface area contributed by atoms with Crippen LogP contribution in [0.2, 0.25) is 0 Å². The number of aliphatic hydroxyl groups is 2. The number of aliphatic hydroxyl groups excluding tert-OH is 2. The van der Waals surface area contributed by atoms with Crippen LogP contribution in [-0.2, 0) is 4.79 Å². The van der Waals surface area contributed by atoms with Gasteiger partial charge < -0.3 is 15.5 Å². The molecule has 3 N–H and O–H groups in total. The molecule has 0 spiro atoms. The summed E-state index contributed by atoms with van der Waals surface area (Å²) in [5.41, 5.74) is 0. The topological polar surface area (TPSA) is 69.6 Å². The summed E-state index contributed by atoms with van der Waals surface area (Å²) in [4.78, 5) is 12.3. The van der Waals surface area contributed by atoms with Gasteiger partial charge in [-0.25, -0.2) is 0 Å². The first-order valence-corrected chi connectivity index (χ1v) is 19.6. The third-order valence-corrected chi connectivity index (χ3v) is 8.93. The molecule has 4 heteroatoms. The van der Waals surface area contributed by atoms with E-state index in [4.69, 9.17) is 0 Å². The molecule has 260 valence electrons. The smallest absolute Gasteiger partial charge is 0.220 e. The van der Waals surface area contributed by atoms with Gasteiger partial charge in [-0.2, -0.15) is 0 Å². The molecule has 0 aliphatic carbocycles. The minimum atomic E-state index is -0.837. The fourth-order valence-corrected chi connectivity index (χ4v) is 5.88. The SMILES string of the molecule is CCCCCCCC/C=C\CCCCCCCCCC(=O)NC(CO)C(O)/C=C/CCCCCCCCCCCCCCC. The van der Waals surface area contributed by atoms with Crippen molar-refractivity contribution in [3.8, 4) is 0 Å². The van der Waals surface area contributed by atoms with Gasteiger partial charge in [-0.3, -0.25) is 4.79 Å². The van der Waals surface area contributed by atoms with Crippen molar-refractivity contribution in [2.75, 3.05) is 6.61 Å². The first-order chi connectivity index (χ1) is 21.7. The quantitative estimate of drug-likeness (QED) is 0.0488. The number of carbonyl (C=O) groups is 1. The first kappa shape index (κ1) is 42.9. The lowest BCUT2D eigenvalue weighted by Crippen LogP contribution is -2.45. The highest BCUT2D eigenvalue weighted by molar-refractivity contribution is 5.76. The van der Waals surface area contributed by atoms with Crippen molar-refractivity contribution in [1.82, 2.24) is 5.32 Å². The van der Waals surface area contributed by atoms with Gasteiger partial charge in [0.1, 0.15) is 0 Å². The van der Waals surface area contributed by atoms with Crippen LogP contribution in [-0.4, -0.2) is 34.9 Å². The maximum absolute atomic E-state index is 12.3. The number of nitrogens with one attached hydrogen (secondary N) is 1. The largest absolute Gasteiger partial charge is 0.394 e. The van der Waals surface area contributed by atoms with Crippen LogP contribution in [0, 0.1) is 0 Å². The molecular weight excluding hydrogens is 542 g/mol. The summed E-state index contributed by atoms with van der Waals surface area (Å²) in [7, 11) is 0. The van der Waals surface area contributed by atoms with Crippen molar-refractivity contribution in [2.24, 2.45) is 0 Å². The average molecular weight is 620 g/mol. The van der Waals surface area contributed by atoms with E-state index in [1.54, 1.807) is 6.08 Å². The maximum atomic E-state index is 12.3. The molecule has 0 fully saturated rings. The van der Waals surface area contributed by atoms with Crippen LogP contribution < -0.4 is 5.32 Å². The Bertz CT molecular complexity index is 632. The number of rotatable bonds is 35. The Morgan fingerprint density at radius 1 is 0.523 bits per heavy atom. The maximum Gasteiger partial charge on any atom is 0.220 e. The Morgan fingerprint density at radius 2 is 0.864 bits per heavy atom. The molecule has 2 unspecified atom stereocenters. The van der Waals surface area contributed by atoms with Gasteiger partial charge in [-0.1, -0.05) is 179 Å². The van der Waals surface area contributed by atoms with Crippen LogP contribution >= 0.6 is 0 Å². The fourth-order valence-electron chi connectivity index (χ4n) is 5.88. The van der Waals surface area contributed by atoms with E-state index >= 15 is 0 Å². The van der Waals surface area contributed by atoms with E-state index < -0.39 is 12.1 Å². The van der Waals surface area contributed by atoms with E-state index in [0.717, 1.165) is 25.7 Å². The van der Waals surface area contributed by atoms with E-state index in [9.17, 15) is 15.0 Å². The van der Waals surface area contributed by atoms with Crippen LogP contribution in [0.5, 0.6) is 0 Å². The zero-order valence-corrected chi connectivity index (χ0v) is 29.7. The van der Waals surface area contributed by atoms with Crippen LogP contribution in [0.25, 0.3) is 0 Å². The monoisotopic (exact) mass is 620 g/mol. The number of amides is 1. The summed E-state index contributed by atoms with van der Waals surface area (Å²) in [6, 6.07) is -0.620. The molecule has 44 heavy (non-hydrogen) atoms. The predicted molar refractivity (Wildman–Crippen MR) is 193 cm³/mol. The van der Waals surface area contributed by atoms with E-state index in [0.29, 0.717) is 6.42 Å². The van der Waals surface area contributed by atoms with Gasteiger partial charge in [0, 0.05) is 6.42 Å². The summed E-state index contributed by atoms with van der Waals surface area (Å²) in [5.74, 6) is -0.0688. The molecule has 0 aromatic rings. The Kier molecular flexibility index (Phi) is 35.4. The molecule has 0 aromatic heterocycles. The minimum absolute atomic E-state index is 0.0688. The van der Waals surface area contributed by atoms with Crippen molar-refractivity contribution < 1.29 is 15.0 Å². The normalized spacial score (nSPS) is 13.3. The lowest BCUT2D eigenvalue weighted by Gasteiger charge is -2.20. The van der Waals surface area contributed by atoms with Gasteiger partial charge in [0.2, 0.25) is 5.91 Å². The highest BCUT2D eigenvalue weighted by Crippen LogP contribution is 2.14. The molecule has 2 atom stereocenters. The van der Waals surface area contributed by atoms with Gasteiger partial charge >= 0.3 is 0 Å². The molecule has 0 aliphatic rings. The molecular formula is C40H77NO3. The Hall–Kier alpha value is -1.13. The number of allylic oxidation sites excluding steroid dienone is 3. The van der Waals surface area contributed by atoms with Crippen LogP contribution in [0.15, 0.2) is 24.3 Å². The summed E-state index contributed by atoms with van der Waals surface area (Å²) in [5, 5.41) is 22.9. The second-order valence-corrected chi connectivity index (χ2v) is 13.3. The van der Waals surface area contributed by atoms with E-state index in [2.05, 4.69) is 31.3 Å². The third-order valence-electron chi connectivity index (χ3n) is 8.93. The molecule has 0 saturated heterocycles. The van der Waals surface area contributed by atoms with Crippen LogP contribution in [0.3, 0.4) is 0 Å². The molecule has 0 aliphatic heterocycles. The minimum Gasteiger partial charge on any atom is -0.394 e. The van der Waals surface area contributed by atoms with Crippen molar-refractivity contribution in [3.05, 3.63) is 24.3 Å². The van der Waals surface area contributed by atoms with E-state index in [1.807, 2.05) is 6.08 Å². The molecule has 0 bridgehead atoms. The fraction of sp³-hybridized carbons (Fsp3) is 0.875. The summed E-state index contributed by atoms with van der Waals surface area (Å²) >= 11 is 0. The number of unbranched alkanes of at least 4 members (excludes halogenated alkanes) is 26.